The van der Waals surface area contributed by atoms with Crippen molar-refractivity contribution in [3.8, 4) is 11.5 Å². The Morgan fingerprint density at radius 3 is 1.44 bits per heavy atom. The van der Waals surface area contributed by atoms with E-state index in [1.807, 2.05) is 36.4 Å². The zero-order valence-electron chi connectivity index (χ0n) is 24.1. The second kappa shape index (κ2) is 14.0. The number of hydrogen-bond donors (Lipinski definition) is 2. The fourth-order valence-corrected chi connectivity index (χ4v) is 7.77. The Hall–Kier alpha value is -1.42. The number of para-hydroxylation sites is 2. The monoisotopic (exact) mass is 646 g/mol. The summed E-state index contributed by atoms with van der Waals surface area (Å²) in [7, 11) is 0. The Kier molecular flexibility index (Phi) is 12.1. The van der Waals surface area contributed by atoms with Crippen molar-refractivity contribution in [2.75, 3.05) is 0 Å². The van der Waals surface area contributed by atoms with Crippen LogP contribution in [-0.2, 0) is 33.7 Å². The molecule has 0 amide bonds. The molecule has 0 bridgehead atoms. The number of nitrogens with zero attached hydrogens (tertiary/aromatic N) is 2. The molecule has 7 heteroatoms. The molecule has 2 aromatic carbocycles. The molecule has 210 valence electrons. The van der Waals surface area contributed by atoms with E-state index in [1.54, 1.807) is 0 Å². The summed E-state index contributed by atoms with van der Waals surface area (Å²) in [6.07, 6.45) is 10.9. The zero-order valence-corrected chi connectivity index (χ0v) is 28.0. The van der Waals surface area contributed by atoms with Crippen LogP contribution in [0.1, 0.15) is 102 Å². The van der Waals surface area contributed by atoms with Gasteiger partial charge in [0.1, 0.15) is 0 Å². The van der Waals surface area contributed by atoms with Crippen LogP contribution in [0.3, 0.4) is 0 Å². The zero-order chi connectivity index (χ0) is 26.8. The molecule has 2 fully saturated rings. The van der Waals surface area contributed by atoms with Gasteiger partial charge in [-0.25, -0.2) is 0 Å². The molecule has 0 heterocycles. The van der Waals surface area contributed by atoms with Gasteiger partial charge in [-0.2, -0.15) is 0 Å². The summed E-state index contributed by atoms with van der Waals surface area (Å²) < 4.78 is 10.3. The van der Waals surface area contributed by atoms with E-state index in [-0.39, 0.29) is 47.7 Å². The van der Waals surface area contributed by atoms with Crippen molar-refractivity contribution in [1.82, 2.24) is 0 Å². The maximum atomic E-state index is 10.9. The second-order valence-corrected chi connectivity index (χ2v) is 14.4. The number of hydrogen-bond acceptors (Lipinski definition) is 4. The van der Waals surface area contributed by atoms with Crippen LogP contribution in [0.2, 0.25) is 0 Å². The SMILES string of the molecule is CC(C)(C)c1cccc(C=C2CCCC2[N]=[Zr+2]=[N]C2CCCC2=Cc2cccc(C(C)(C)C)c2O)c1O.[Cl-].[Cl-]. The molecular formula is C32H42Cl2N2O2Zr. The third-order valence-electron chi connectivity index (χ3n) is 7.60. The molecule has 0 aromatic heterocycles. The van der Waals surface area contributed by atoms with Gasteiger partial charge in [-0.15, -0.1) is 0 Å². The van der Waals surface area contributed by atoms with Gasteiger partial charge in [0.2, 0.25) is 0 Å². The van der Waals surface area contributed by atoms with Gasteiger partial charge in [0.05, 0.1) is 0 Å². The summed E-state index contributed by atoms with van der Waals surface area (Å²) in [5, 5.41) is 21.8. The van der Waals surface area contributed by atoms with E-state index in [0.717, 1.165) is 60.8 Å². The molecule has 4 rings (SSSR count). The summed E-state index contributed by atoms with van der Waals surface area (Å²) in [6, 6.07) is 12.6. The quantitative estimate of drug-likeness (QED) is 0.536. The molecule has 2 saturated carbocycles. The maximum Gasteiger partial charge on any atom is -1.00 e. The van der Waals surface area contributed by atoms with Gasteiger partial charge in [-0.3, -0.25) is 0 Å². The first-order chi connectivity index (χ1) is 17.4. The van der Waals surface area contributed by atoms with Gasteiger partial charge >= 0.3 is 235 Å². The number of rotatable bonds is 4. The van der Waals surface area contributed by atoms with Crippen LogP contribution in [-0.4, -0.2) is 22.3 Å². The minimum atomic E-state index is -1.24. The van der Waals surface area contributed by atoms with E-state index >= 15 is 0 Å². The summed E-state index contributed by atoms with van der Waals surface area (Å²) in [5.74, 6) is 0.801. The minimum Gasteiger partial charge on any atom is -1.00 e. The van der Waals surface area contributed by atoms with E-state index in [2.05, 4.69) is 53.7 Å². The average Bonchev–Trinajstić information content (AvgIpc) is 3.44. The Labute approximate surface area is 258 Å². The first-order valence-corrected chi connectivity index (χ1v) is 15.9. The predicted octanol–water partition coefficient (Wildman–Crippen LogP) is 2.72. The van der Waals surface area contributed by atoms with Crippen LogP contribution in [0.5, 0.6) is 11.5 Å². The van der Waals surface area contributed by atoms with Crippen molar-refractivity contribution in [2.24, 2.45) is 5.74 Å². The van der Waals surface area contributed by atoms with Gasteiger partial charge in [0.15, 0.2) is 0 Å². The van der Waals surface area contributed by atoms with Crippen molar-refractivity contribution in [3.63, 3.8) is 0 Å². The molecule has 2 aliphatic carbocycles. The number of halogens is 2. The van der Waals surface area contributed by atoms with Crippen LogP contribution in [0.4, 0.5) is 0 Å². The molecule has 4 nitrogen and oxygen atoms in total. The Morgan fingerprint density at radius 1 is 0.692 bits per heavy atom. The summed E-state index contributed by atoms with van der Waals surface area (Å²) in [5.41, 5.74) is 6.27. The van der Waals surface area contributed by atoms with E-state index < -0.39 is 22.9 Å². The molecule has 2 aliphatic rings. The topological polar surface area (TPSA) is 65.2 Å². The van der Waals surface area contributed by atoms with Crippen molar-refractivity contribution >= 4 is 12.2 Å². The third-order valence-corrected chi connectivity index (χ3v) is 9.70. The number of benzene rings is 2. The van der Waals surface area contributed by atoms with E-state index in [1.165, 1.54) is 11.1 Å². The van der Waals surface area contributed by atoms with Gasteiger partial charge in [-0.05, 0) is 0 Å². The standard InChI is InChI=1S/2C16H21NO.2ClH.Zr/c2*1-16(2,3)13-8-4-7-12(15(13)18)10-11-6-5-9-14(11)17;;;/h2*4,7-8,10,14,18H,5-6,9H2,1-3H3;2*1H;/q;;;;+2/p-2. The molecule has 0 saturated heterocycles. The summed E-state index contributed by atoms with van der Waals surface area (Å²) in [4.78, 5) is 0. The van der Waals surface area contributed by atoms with Crippen LogP contribution >= 0.6 is 0 Å². The molecule has 2 unspecified atom stereocenters. The first-order valence-electron chi connectivity index (χ1n) is 13.7. The fourth-order valence-electron chi connectivity index (χ4n) is 5.47. The average molecular weight is 649 g/mol. The van der Waals surface area contributed by atoms with Crippen LogP contribution in [0.15, 0.2) is 53.3 Å². The van der Waals surface area contributed by atoms with E-state index in [0.29, 0.717) is 11.5 Å². The van der Waals surface area contributed by atoms with E-state index in [9.17, 15) is 10.2 Å². The maximum absolute atomic E-state index is 10.9. The smallest absolute Gasteiger partial charge is 1.00 e. The molecule has 0 radical (unpaired) electrons. The molecule has 2 N–H and O–H groups in total. The van der Waals surface area contributed by atoms with Crippen molar-refractivity contribution in [1.29, 1.82) is 0 Å². The Balaban J connectivity index is 0.00000267. The van der Waals surface area contributed by atoms with Gasteiger partial charge in [0.25, 0.3) is 0 Å². The molecule has 0 spiro atoms. The van der Waals surface area contributed by atoms with Crippen molar-refractivity contribution in [3.05, 3.63) is 69.8 Å². The number of phenolic OH excluding ortho intramolecular Hbond substituents is 2. The van der Waals surface area contributed by atoms with Crippen LogP contribution < -0.4 is 24.8 Å². The summed E-state index contributed by atoms with van der Waals surface area (Å²) >= 11 is -1.24. The number of aromatic hydroxyl groups is 2. The predicted molar refractivity (Wildman–Crippen MR) is 150 cm³/mol. The van der Waals surface area contributed by atoms with E-state index in [4.69, 9.17) is 5.74 Å². The fraction of sp³-hybridized carbons (Fsp3) is 0.500. The Bertz CT molecular complexity index is 1190. The minimum absolute atomic E-state index is 0. The second-order valence-electron chi connectivity index (χ2n) is 12.6. The molecule has 39 heavy (non-hydrogen) atoms. The molecule has 0 aliphatic heterocycles. The largest absolute Gasteiger partial charge is 1.00 e. The molecule has 2 aromatic rings. The van der Waals surface area contributed by atoms with Gasteiger partial charge in [-0.1, -0.05) is 0 Å². The van der Waals surface area contributed by atoms with Gasteiger partial charge in [0, 0.05) is 0 Å². The molecular weight excluding hydrogens is 606 g/mol. The van der Waals surface area contributed by atoms with Crippen molar-refractivity contribution < 1.29 is 57.9 Å². The van der Waals surface area contributed by atoms with Crippen molar-refractivity contribution in [2.45, 2.75) is 103 Å². The Morgan fingerprint density at radius 2 is 1.08 bits per heavy atom. The normalized spacial score (nSPS) is 21.6. The van der Waals surface area contributed by atoms with Crippen LogP contribution in [0.25, 0.3) is 12.2 Å². The van der Waals surface area contributed by atoms with Gasteiger partial charge < -0.3 is 24.8 Å². The summed E-state index contributed by atoms with van der Waals surface area (Å²) in [6.45, 7) is 12.8. The van der Waals surface area contributed by atoms with Crippen LogP contribution in [0, 0.1) is 0 Å². The molecule has 2 atom stereocenters. The number of phenols is 2. The third kappa shape index (κ3) is 8.30. The first kappa shape index (κ1) is 33.8.